The van der Waals surface area contributed by atoms with Crippen LogP contribution in [0.5, 0.6) is 5.75 Å². The second-order valence-electron chi connectivity index (χ2n) is 4.08. The second-order valence-corrected chi connectivity index (χ2v) is 4.08. The van der Waals surface area contributed by atoms with Crippen molar-refractivity contribution in [1.82, 2.24) is 10.2 Å². The smallest absolute Gasteiger partial charge is 0.277 e. The van der Waals surface area contributed by atoms with Gasteiger partial charge in [-0.05, 0) is 12.1 Å². The van der Waals surface area contributed by atoms with Crippen molar-refractivity contribution in [3.63, 3.8) is 0 Å². The molecule has 1 saturated heterocycles. The van der Waals surface area contributed by atoms with Crippen LogP contribution in [0, 0.1) is 0 Å². The summed E-state index contributed by atoms with van der Waals surface area (Å²) in [5, 5.41) is 12.0. The van der Waals surface area contributed by atoms with Crippen molar-refractivity contribution in [3.8, 4) is 5.75 Å². The summed E-state index contributed by atoms with van der Waals surface area (Å²) in [6.45, 7) is 0.931. The number of amides is 3. The van der Waals surface area contributed by atoms with Crippen LogP contribution in [-0.2, 0) is 14.4 Å². The van der Waals surface area contributed by atoms with E-state index in [0.717, 1.165) is 4.90 Å². The first-order valence-electron chi connectivity index (χ1n) is 5.61. The molecule has 1 aromatic carbocycles. The van der Waals surface area contributed by atoms with Gasteiger partial charge in [0, 0.05) is 12.5 Å². The molecule has 0 radical (unpaired) electrons. The van der Waals surface area contributed by atoms with Gasteiger partial charge < -0.3 is 10.4 Å². The number of benzene rings is 1. The Bertz CT molecular complexity index is 592. The number of para-hydroxylation sites is 1. The molecule has 0 aromatic heterocycles. The van der Waals surface area contributed by atoms with E-state index in [9.17, 15) is 19.5 Å². The second kappa shape index (κ2) is 4.93. The molecule has 1 aliphatic rings. The zero-order chi connectivity index (χ0) is 14.0. The Hall–Kier alpha value is -2.63. The first kappa shape index (κ1) is 12.8. The fourth-order valence-electron chi connectivity index (χ4n) is 1.72. The lowest BCUT2D eigenvalue weighted by Gasteiger charge is -2.25. The van der Waals surface area contributed by atoms with Gasteiger partial charge in [-0.3, -0.25) is 19.3 Å². The van der Waals surface area contributed by atoms with E-state index in [4.69, 9.17) is 0 Å². The molecule has 98 valence electrons. The molecule has 0 saturated carbocycles. The fourth-order valence-corrected chi connectivity index (χ4v) is 1.72. The van der Waals surface area contributed by atoms with Crippen molar-refractivity contribution in [3.05, 3.63) is 35.5 Å². The number of rotatable bonds is 1. The molecule has 0 unspecified atom stereocenters. The van der Waals surface area contributed by atoms with Gasteiger partial charge in [0.1, 0.15) is 18.0 Å². The average molecular weight is 260 g/mol. The van der Waals surface area contributed by atoms with Crippen molar-refractivity contribution >= 4 is 23.8 Å². The Balaban J connectivity index is 2.38. The molecule has 19 heavy (non-hydrogen) atoms. The van der Waals surface area contributed by atoms with E-state index in [1.54, 1.807) is 18.2 Å². The monoisotopic (exact) mass is 260 g/mol. The van der Waals surface area contributed by atoms with Crippen LogP contribution < -0.4 is 5.32 Å². The summed E-state index contributed by atoms with van der Waals surface area (Å²) >= 11 is 0. The van der Waals surface area contributed by atoms with Crippen molar-refractivity contribution in [2.24, 2.45) is 0 Å². The van der Waals surface area contributed by atoms with E-state index >= 15 is 0 Å². The summed E-state index contributed by atoms with van der Waals surface area (Å²) in [5.41, 5.74) is 0.351. The lowest BCUT2D eigenvalue weighted by atomic mass is 10.1. The summed E-state index contributed by atoms with van der Waals surface area (Å²) in [5.74, 6) is -1.55. The van der Waals surface area contributed by atoms with E-state index in [1.807, 2.05) is 0 Å². The minimum absolute atomic E-state index is 0.0167. The average Bonchev–Trinajstić information content (AvgIpc) is 2.35. The molecule has 0 spiro atoms. The van der Waals surface area contributed by atoms with Crippen LogP contribution in [0.15, 0.2) is 30.0 Å². The number of hydrogen-bond donors (Lipinski definition) is 2. The molecule has 1 fully saturated rings. The number of aromatic hydroxyl groups is 1. The van der Waals surface area contributed by atoms with Crippen LogP contribution in [0.4, 0.5) is 0 Å². The maximum absolute atomic E-state index is 12.0. The molecule has 3 amide bonds. The topological polar surface area (TPSA) is 86.7 Å². The van der Waals surface area contributed by atoms with Gasteiger partial charge in [0.05, 0.1) is 0 Å². The maximum Gasteiger partial charge on any atom is 0.277 e. The third kappa shape index (κ3) is 2.62. The summed E-state index contributed by atoms with van der Waals surface area (Å²) in [6, 6.07) is 6.38. The number of imide groups is 1. The number of nitrogens with zero attached hydrogens (tertiary/aromatic N) is 1. The molecule has 1 aromatic rings. The van der Waals surface area contributed by atoms with Crippen molar-refractivity contribution in [1.29, 1.82) is 0 Å². The lowest BCUT2D eigenvalue weighted by molar-refractivity contribution is -0.147. The Morgan fingerprint density at radius 3 is 2.68 bits per heavy atom. The zero-order valence-electron chi connectivity index (χ0n) is 10.2. The maximum atomic E-state index is 12.0. The zero-order valence-corrected chi connectivity index (χ0v) is 10.2. The normalized spacial score (nSPS) is 17.5. The molecule has 0 bridgehead atoms. The molecule has 0 aliphatic carbocycles. The third-order valence-electron chi connectivity index (χ3n) is 2.67. The number of phenolic OH excluding ortho intramolecular Hbond substituents is 1. The minimum atomic E-state index is -0.588. The Morgan fingerprint density at radius 2 is 2.05 bits per heavy atom. The van der Waals surface area contributed by atoms with Gasteiger partial charge in [0.2, 0.25) is 11.8 Å². The van der Waals surface area contributed by atoms with Gasteiger partial charge in [-0.25, -0.2) is 0 Å². The number of nitrogens with one attached hydrogen (secondary N) is 1. The number of carbonyl (C=O) groups excluding carboxylic acids is 3. The van der Waals surface area contributed by atoms with E-state index < -0.39 is 17.7 Å². The van der Waals surface area contributed by atoms with Crippen LogP contribution in [0.25, 0.3) is 6.08 Å². The van der Waals surface area contributed by atoms with Crippen molar-refractivity contribution < 1.29 is 19.5 Å². The number of carbonyl (C=O) groups is 3. The van der Waals surface area contributed by atoms with E-state index in [-0.39, 0.29) is 18.0 Å². The highest BCUT2D eigenvalue weighted by Gasteiger charge is 2.30. The third-order valence-corrected chi connectivity index (χ3v) is 2.67. The molecule has 6 heteroatoms. The summed E-state index contributed by atoms with van der Waals surface area (Å²) in [7, 11) is 0. The summed E-state index contributed by atoms with van der Waals surface area (Å²) in [6.07, 6.45) is 1.34. The van der Waals surface area contributed by atoms with Crippen LogP contribution in [-0.4, -0.2) is 34.3 Å². The predicted octanol–water partition coefficient (Wildman–Crippen LogP) is 0.238. The largest absolute Gasteiger partial charge is 0.507 e. The Kier molecular flexibility index (Phi) is 3.33. The van der Waals surface area contributed by atoms with Crippen LogP contribution in [0.1, 0.15) is 12.5 Å². The Morgan fingerprint density at radius 1 is 1.37 bits per heavy atom. The number of piperazine rings is 1. The minimum Gasteiger partial charge on any atom is -0.507 e. The first-order valence-corrected chi connectivity index (χ1v) is 5.61. The number of phenols is 1. The lowest BCUT2D eigenvalue weighted by Crippen LogP contribution is -2.51. The molecular formula is C13H12N2O4. The van der Waals surface area contributed by atoms with Gasteiger partial charge in [-0.1, -0.05) is 18.2 Å². The predicted molar refractivity (Wildman–Crippen MR) is 66.6 cm³/mol. The Labute approximate surface area is 109 Å². The molecule has 2 N–H and O–H groups in total. The standard InChI is InChI=1S/C13H12N2O4/c1-8(16)15-7-12(18)14-10(13(15)19)6-9-4-2-3-5-11(9)17/h2-6,17H,7H2,1H3,(H,14,18)/b10-6-. The highest BCUT2D eigenvalue weighted by atomic mass is 16.3. The van der Waals surface area contributed by atoms with Gasteiger partial charge in [-0.2, -0.15) is 0 Å². The molecule has 2 rings (SSSR count). The number of hydrogen-bond acceptors (Lipinski definition) is 4. The van der Waals surface area contributed by atoms with E-state index in [0.29, 0.717) is 5.56 Å². The molecule has 1 aliphatic heterocycles. The molecular weight excluding hydrogens is 248 g/mol. The van der Waals surface area contributed by atoms with Crippen molar-refractivity contribution in [2.75, 3.05) is 6.54 Å². The molecule has 6 nitrogen and oxygen atoms in total. The fraction of sp³-hybridized carbons (Fsp3) is 0.154. The van der Waals surface area contributed by atoms with Crippen molar-refractivity contribution in [2.45, 2.75) is 6.92 Å². The van der Waals surface area contributed by atoms with E-state index in [2.05, 4.69) is 5.32 Å². The van der Waals surface area contributed by atoms with Gasteiger partial charge >= 0.3 is 0 Å². The van der Waals surface area contributed by atoms with Gasteiger partial charge in [-0.15, -0.1) is 0 Å². The first-order chi connectivity index (χ1) is 8.99. The van der Waals surface area contributed by atoms with Gasteiger partial charge in [0.15, 0.2) is 0 Å². The van der Waals surface area contributed by atoms with Crippen LogP contribution in [0.2, 0.25) is 0 Å². The molecule has 1 heterocycles. The van der Waals surface area contributed by atoms with Crippen LogP contribution in [0.3, 0.4) is 0 Å². The highest BCUT2D eigenvalue weighted by Crippen LogP contribution is 2.20. The SMILES string of the molecule is CC(=O)N1CC(=O)N/C(=C\c2ccccc2O)C1=O. The summed E-state index contributed by atoms with van der Waals surface area (Å²) < 4.78 is 0. The quantitative estimate of drug-likeness (QED) is 0.708. The van der Waals surface area contributed by atoms with Gasteiger partial charge in [0.25, 0.3) is 5.91 Å². The highest BCUT2D eigenvalue weighted by molar-refractivity contribution is 6.12. The molecule has 0 atom stereocenters. The summed E-state index contributed by atoms with van der Waals surface area (Å²) in [4.78, 5) is 35.5. The van der Waals surface area contributed by atoms with Crippen LogP contribution >= 0.6 is 0 Å². The van der Waals surface area contributed by atoms with E-state index in [1.165, 1.54) is 19.1 Å².